The number of carbonyl (C=O) groups is 2. The first-order valence-electron chi connectivity index (χ1n) is 5.79. The largest absolute Gasteiger partial charge is 0.343 e. The van der Waals surface area contributed by atoms with Crippen LogP contribution in [0, 0.1) is 0 Å². The molecule has 88 valence electrons. The number of rotatable bonds is 8. The van der Waals surface area contributed by atoms with Gasteiger partial charge in [-0.05, 0) is 26.7 Å². The lowest BCUT2D eigenvalue weighted by atomic mass is 10.1. The summed E-state index contributed by atoms with van der Waals surface area (Å²) in [4.78, 5) is 23.4. The molecule has 0 aromatic carbocycles. The van der Waals surface area contributed by atoms with Gasteiger partial charge in [-0.3, -0.25) is 4.79 Å². The Hall–Kier alpha value is -0.860. The van der Waals surface area contributed by atoms with Crippen LogP contribution < -0.4 is 0 Å². The molecule has 0 rings (SSSR count). The van der Waals surface area contributed by atoms with E-state index >= 15 is 0 Å². The Labute approximate surface area is 92.8 Å². The van der Waals surface area contributed by atoms with E-state index in [4.69, 9.17) is 0 Å². The molecule has 0 aliphatic carbocycles. The van der Waals surface area contributed by atoms with Gasteiger partial charge >= 0.3 is 0 Å². The van der Waals surface area contributed by atoms with Gasteiger partial charge < -0.3 is 9.69 Å². The van der Waals surface area contributed by atoms with E-state index in [0.29, 0.717) is 12.8 Å². The molecule has 0 aromatic heterocycles. The van der Waals surface area contributed by atoms with Crippen LogP contribution in [0.25, 0.3) is 0 Å². The van der Waals surface area contributed by atoms with E-state index in [1.165, 1.54) is 0 Å². The highest BCUT2D eigenvalue weighted by Crippen LogP contribution is 2.07. The quantitative estimate of drug-likeness (QED) is 0.458. The lowest BCUT2D eigenvalue weighted by Gasteiger charge is -2.21. The van der Waals surface area contributed by atoms with Crippen molar-refractivity contribution in [1.29, 1.82) is 0 Å². The second-order valence-electron chi connectivity index (χ2n) is 4.22. The van der Waals surface area contributed by atoms with Gasteiger partial charge in [-0.15, -0.1) is 0 Å². The molecule has 0 aliphatic rings. The van der Waals surface area contributed by atoms with Crippen LogP contribution in [0.3, 0.4) is 0 Å². The summed E-state index contributed by atoms with van der Waals surface area (Å²) in [6.45, 7) is 4.03. The van der Waals surface area contributed by atoms with E-state index < -0.39 is 0 Å². The number of nitrogens with zero attached hydrogens (tertiary/aromatic N) is 1. The third-order valence-electron chi connectivity index (χ3n) is 2.63. The fraction of sp³-hybridized carbons (Fsp3) is 0.833. The fourth-order valence-corrected chi connectivity index (χ4v) is 1.32. The van der Waals surface area contributed by atoms with E-state index in [9.17, 15) is 9.59 Å². The number of aldehydes is 1. The molecule has 0 unspecified atom stereocenters. The van der Waals surface area contributed by atoms with Gasteiger partial charge in [0.25, 0.3) is 0 Å². The predicted molar refractivity (Wildman–Crippen MR) is 61.7 cm³/mol. The molecule has 0 heterocycles. The first-order valence-corrected chi connectivity index (χ1v) is 5.79. The molecule has 1 amide bonds. The maximum Gasteiger partial charge on any atom is 0.222 e. The van der Waals surface area contributed by atoms with Gasteiger partial charge in [-0.1, -0.05) is 12.8 Å². The standard InChI is InChI=1S/C12H23NO2/c1-11(2)13(3)12(15)9-7-5-4-6-8-10-14/h10-11H,4-9H2,1-3H3. The summed E-state index contributed by atoms with van der Waals surface area (Å²) in [5.74, 6) is 0.223. The summed E-state index contributed by atoms with van der Waals surface area (Å²) < 4.78 is 0. The monoisotopic (exact) mass is 213 g/mol. The second kappa shape index (κ2) is 8.45. The van der Waals surface area contributed by atoms with E-state index in [1.54, 1.807) is 4.90 Å². The summed E-state index contributed by atoms with van der Waals surface area (Å²) in [6.07, 6.45) is 6.24. The van der Waals surface area contributed by atoms with Crippen molar-refractivity contribution in [3.63, 3.8) is 0 Å². The number of amides is 1. The lowest BCUT2D eigenvalue weighted by Crippen LogP contribution is -2.32. The zero-order valence-electron chi connectivity index (χ0n) is 10.2. The highest BCUT2D eigenvalue weighted by molar-refractivity contribution is 5.76. The maximum atomic E-state index is 11.5. The van der Waals surface area contributed by atoms with Crippen LogP contribution in [0.5, 0.6) is 0 Å². The average molecular weight is 213 g/mol. The summed E-state index contributed by atoms with van der Waals surface area (Å²) in [7, 11) is 1.85. The number of carbonyl (C=O) groups excluding carboxylic acids is 2. The predicted octanol–water partition coefficient (Wildman–Crippen LogP) is 2.39. The van der Waals surface area contributed by atoms with Crippen molar-refractivity contribution in [2.45, 2.75) is 58.4 Å². The van der Waals surface area contributed by atoms with Gasteiger partial charge in [0, 0.05) is 25.9 Å². The van der Waals surface area contributed by atoms with Crippen molar-refractivity contribution in [1.82, 2.24) is 4.90 Å². The van der Waals surface area contributed by atoms with Crippen LogP contribution in [0.4, 0.5) is 0 Å². The molecule has 15 heavy (non-hydrogen) atoms. The molecule has 0 radical (unpaired) electrons. The smallest absolute Gasteiger partial charge is 0.222 e. The molecule has 0 atom stereocenters. The second-order valence-corrected chi connectivity index (χ2v) is 4.22. The molecule has 3 nitrogen and oxygen atoms in total. The average Bonchev–Trinajstić information content (AvgIpc) is 2.21. The third kappa shape index (κ3) is 7.11. The Kier molecular flexibility index (Phi) is 7.96. The summed E-state index contributed by atoms with van der Waals surface area (Å²) in [6, 6.07) is 0.285. The minimum Gasteiger partial charge on any atom is -0.343 e. The molecule has 0 aromatic rings. The van der Waals surface area contributed by atoms with Gasteiger partial charge in [0.1, 0.15) is 6.29 Å². The van der Waals surface area contributed by atoms with Crippen molar-refractivity contribution in [3.8, 4) is 0 Å². The van der Waals surface area contributed by atoms with Gasteiger partial charge in [0.05, 0.1) is 0 Å². The Bertz CT molecular complexity index is 190. The van der Waals surface area contributed by atoms with Crippen molar-refractivity contribution in [2.24, 2.45) is 0 Å². The molecule has 0 saturated carbocycles. The summed E-state index contributed by atoms with van der Waals surface area (Å²) in [5, 5.41) is 0. The van der Waals surface area contributed by atoms with Crippen LogP contribution in [0.1, 0.15) is 52.4 Å². The lowest BCUT2D eigenvalue weighted by molar-refractivity contribution is -0.131. The highest BCUT2D eigenvalue weighted by atomic mass is 16.2. The number of hydrogen-bond acceptors (Lipinski definition) is 2. The third-order valence-corrected chi connectivity index (χ3v) is 2.63. The normalized spacial score (nSPS) is 10.4. The molecule has 0 N–H and O–H groups in total. The Balaban J connectivity index is 3.43. The van der Waals surface area contributed by atoms with E-state index in [1.807, 2.05) is 20.9 Å². The molecule has 0 saturated heterocycles. The summed E-state index contributed by atoms with van der Waals surface area (Å²) >= 11 is 0. The van der Waals surface area contributed by atoms with Crippen LogP contribution in [0.15, 0.2) is 0 Å². The van der Waals surface area contributed by atoms with Crippen molar-refractivity contribution in [3.05, 3.63) is 0 Å². The van der Waals surface area contributed by atoms with E-state index in [-0.39, 0.29) is 11.9 Å². The van der Waals surface area contributed by atoms with Crippen LogP contribution in [-0.4, -0.2) is 30.2 Å². The fourth-order valence-electron chi connectivity index (χ4n) is 1.32. The first-order chi connectivity index (χ1) is 7.09. The van der Waals surface area contributed by atoms with E-state index in [2.05, 4.69) is 0 Å². The van der Waals surface area contributed by atoms with Crippen molar-refractivity contribution >= 4 is 12.2 Å². The summed E-state index contributed by atoms with van der Waals surface area (Å²) in [5.41, 5.74) is 0. The van der Waals surface area contributed by atoms with Crippen LogP contribution in [0.2, 0.25) is 0 Å². The number of unbranched alkanes of at least 4 members (excludes halogenated alkanes) is 4. The van der Waals surface area contributed by atoms with Crippen LogP contribution >= 0.6 is 0 Å². The van der Waals surface area contributed by atoms with Crippen LogP contribution in [-0.2, 0) is 9.59 Å². The minimum absolute atomic E-state index is 0.223. The molecule has 0 fully saturated rings. The Morgan fingerprint density at radius 2 is 1.80 bits per heavy atom. The van der Waals surface area contributed by atoms with Gasteiger partial charge in [0.2, 0.25) is 5.91 Å². The van der Waals surface area contributed by atoms with Gasteiger partial charge in [-0.25, -0.2) is 0 Å². The van der Waals surface area contributed by atoms with Crippen molar-refractivity contribution < 1.29 is 9.59 Å². The molecular weight excluding hydrogens is 190 g/mol. The molecule has 3 heteroatoms. The zero-order valence-corrected chi connectivity index (χ0v) is 10.2. The topological polar surface area (TPSA) is 37.4 Å². The van der Waals surface area contributed by atoms with Gasteiger partial charge in [0.15, 0.2) is 0 Å². The van der Waals surface area contributed by atoms with E-state index in [0.717, 1.165) is 32.0 Å². The Morgan fingerprint density at radius 3 is 2.33 bits per heavy atom. The minimum atomic E-state index is 0.223. The molecule has 0 spiro atoms. The maximum absolute atomic E-state index is 11.5. The molecular formula is C12H23NO2. The number of hydrogen-bond donors (Lipinski definition) is 0. The van der Waals surface area contributed by atoms with Crippen molar-refractivity contribution in [2.75, 3.05) is 7.05 Å². The Morgan fingerprint density at radius 1 is 1.20 bits per heavy atom. The zero-order chi connectivity index (χ0) is 11.7. The first kappa shape index (κ1) is 14.1. The molecule has 0 aliphatic heterocycles. The SMILES string of the molecule is CC(C)N(C)C(=O)CCCCCCC=O. The highest BCUT2D eigenvalue weighted by Gasteiger charge is 2.10. The molecule has 0 bridgehead atoms. The van der Waals surface area contributed by atoms with Gasteiger partial charge in [-0.2, -0.15) is 0 Å².